The molecule has 0 radical (unpaired) electrons. The van der Waals surface area contributed by atoms with Crippen molar-refractivity contribution in [3.05, 3.63) is 36.3 Å². The van der Waals surface area contributed by atoms with Crippen LogP contribution in [0, 0.1) is 11.3 Å². The van der Waals surface area contributed by atoms with Crippen LogP contribution in [0.4, 0.5) is 4.39 Å². The van der Waals surface area contributed by atoms with Crippen LogP contribution in [0.1, 0.15) is 5.56 Å². The van der Waals surface area contributed by atoms with Crippen molar-refractivity contribution in [1.82, 2.24) is 14.8 Å². The molecule has 5 heteroatoms. The van der Waals surface area contributed by atoms with Gasteiger partial charge in [-0.15, -0.1) is 0 Å². The Morgan fingerprint density at radius 3 is 3.00 bits per heavy atom. The summed E-state index contributed by atoms with van der Waals surface area (Å²) < 4.78 is 13.6. The number of nitrogens with zero attached hydrogens (tertiary/aromatic N) is 4. The summed E-state index contributed by atoms with van der Waals surface area (Å²) in [5, 5.41) is 13.1. The summed E-state index contributed by atoms with van der Waals surface area (Å²) in [7, 11) is 0. The van der Waals surface area contributed by atoms with E-state index in [2.05, 4.69) is 10.1 Å². The van der Waals surface area contributed by atoms with Crippen LogP contribution >= 0.6 is 0 Å². The summed E-state index contributed by atoms with van der Waals surface area (Å²) in [6.07, 6.45) is 4.82. The van der Waals surface area contributed by atoms with Gasteiger partial charge in [0.1, 0.15) is 18.4 Å². The lowest BCUT2D eigenvalue weighted by molar-refractivity contribution is 0.427. The molecule has 2 aromatic rings. The van der Waals surface area contributed by atoms with E-state index in [4.69, 9.17) is 5.26 Å². The van der Waals surface area contributed by atoms with Crippen molar-refractivity contribution in [3.8, 4) is 17.3 Å². The molecule has 2 heterocycles. The summed E-state index contributed by atoms with van der Waals surface area (Å²) in [6.45, 7) is -0.339. The lowest BCUT2D eigenvalue weighted by Crippen LogP contribution is -1.99. The Bertz CT molecular complexity index is 513. The molecule has 0 amide bonds. The van der Waals surface area contributed by atoms with Crippen LogP contribution in [-0.2, 0) is 6.54 Å². The number of hydrogen-bond donors (Lipinski definition) is 0. The number of nitriles is 1. The van der Waals surface area contributed by atoms with Crippen LogP contribution in [0.5, 0.6) is 0 Å². The van der Waals surface area contributed by atoms with Crippen molar-refractivity contribution in [2.45, 2.75) is 6.54 Å². The van der Waals surface area contributed by atoms with E-state index >= 15 is 0 Å². The lowest BCUT2D eigenvalue weighted by Gasteiger charge is -1.96. The van der Waals surface area contributed by atoms with Crippen molar-refractivity contribution in [1.29, 1.82) is 5.26 Å². The van der Waals surface area contributed by atoms with Crippen LogP contribution in [0.15, 0.2) is 30.7 Å². The Labute approximate surface area is 92.0 Å². The number of alkyl halides is 1. The maximum atomic E-state index is 12.2. The fourth-order valence-electron chi connectivity index (χ4n) is 1.42. The van der Waals surface area contributed by atoms with E-state index in [1.807, 2.05) is 12.1 Å². The monoisotopic (exact) mass is 216 g/mol. The van der Waals surface area contributed by atoms with E-state index in [1.54, 1.807) is 24.7 Å². The number of pyridine rings is 1. The minimum Gasteiger partial charge on any atom is -0.268 e. The summed E-state index contributed by atoms with van der Waals surface area (Å²) in [4.78, 5) is 3.96. The number of aryl methyl sites for hydroxylation is 1. The molecule has 2 rings (SSSR count). The third-order valence-corrected chi connectivity index (χ3v) is 2.13. The topological polar surface area (TPSA) is 54.5 Å². The lowest BCUT2D eigenvalue weighted by atomic mass is 10.1. The third-order valence-electron chi connectivity index (χ3n) is 2.13. The summed E-state index contributed by atoms with van der Waals surface area (Å²) in [5.74, 6) is 0. The average Bonchev–Trinajstić information content (AvgIpc) is 2.74. The number of halogens is 1. The fourth-order valence-corrected chi connectivity index (χ4v) is 1.42. The van der Waals surface area contributed by atoms with Crippen molar-refractivity contribution in [3.63, 3.8) is 0 Å². The van der Waals surface area contributed by atoms with Gasteiger partial charge in [0.2, 0.25) is 0 Å². The third kappa shape index (κ3) is 1.91. The molecule has 0 N–H and O–H groups in total. The molecular weight excluding hydrogens is 207 g/mol. The molecule has 0 saturated heterocycles. The van der Waals surface area contributed by atoms with Crippen LogP contribution < -0.4 is 0 Å². The smallest absolute Gasteiger partial charge is 0.112 e. The van der Waals surface area contributed by atoms with Crippen molar-refractivity contribution < 1.29 is 4.39 Å². The average molecular weight is 216 g/mol. The van der Waals surface area contributed by atoms with Crippen molar-refractivity contribution in [2.24, 2.45) is 0 Å². The van der Waals surface area contributed by atoms with Gasteiger partial charge in [0, 0.05) is 24.2 Å². The van der Waals surface area contributed by atoms with E-state index in [0.29, 0.717) is 11.3 Å². The zero-order valence-corrected chi connectivity index (χ0v) is 8.47. The second-order valence-corrected chi connectivity index (χ2v) is 3.20. The number of aromatic nitrogens is 3. The van der Waals surface area contributed by atoms with Crippen molar-refractivity contribution in [2.75, 3.05) is 6.67 Å². The largest absolute Gasteiger partial charge is 0.268 e. The molecule has 0 aliphatic rings. The van der Waals surface area contributed by atoms with Gasteiger partial charge in [-0.1, -0.05) is 0 Å². The Balaban J connectivity index is 2.45. The zero-order chi connectivity index (χ0) is 11.4. The molecule has 0 bridgehead atoms. The molecular formula is C11H9FN4. The standard InChI is InChI=1S/C11H9FN4/c12-3-5-16-8-10(6-13)11(15-16)9-2-1-4-14-7-9/h1-2,4,7-8H,3,5H2. The quantitative estimate of drug-likeness (QED) is 0.785. The van der Waals surface area contributed by atoms with E-state index in [1.165, 1.54) is 4.68 Å². The Hall–Kier alpha value is -2.22. The van der Waals surface area contributed by atoms with E-state index in [-0.39, 0.29) is 6.54 Å². The first-order chi connectivity index (χ1) is 7.85. The first-order valence-corrected chi connectivity index (χ1v) is 4.79. The first kappa shape index (κ1) is 10.3. The van der Waals surface area contributed by atoms with Gasteiger partial charge in [-0.2, -0.15) is 10.4 Å². The Morgan fingerprint density at radius 1 is 1.50 bits per heavy atom. The summed E-state index contributed by atoms with van der Waals surface area (Å²) in [5.41, 5.74) is 1.74. The van der Waals surface area contributed by atoms with E-state index in [0.717, 1.165) is 5.56 Å². The predicted octanol–water partition coefficient (Wildman–Crippen LogP) is 1.79. The van der Waals surface area contributed by atoms with Crippen LogP contribution in [0.25, 0.3) is 11.3 Å². The second kappa shape index (κ2) is 4.53. The van der Waals surface area contributed by atoms with Crippen LogP contribution in [-0.4, -0.2) is 21.4 Å². The maximum Gasteiger partial charge on any atom is 0.112 e. The molecule has 80 valence electrons. The minimum atomic E-state index is -0.501. The van der Waals surface area contributed by atoms with Gasteiger partial charge in [-0.05, 0) is 12.1 Å². The highest BCUT2D eigenvalue weighted by Crippen LogP contribution is 2.20. The van der Waals surface area contributed by atoms with Gasteiger partial charge in [0.05, 0.1) is 12.1 Å². The molecule has 0 aromatic carbocycles. The summed E-state index contributed by atoms with van der Waals surface area (Å²) >= 11 is 0. The second-order valence-electron chi connectivity index (χ2n) is 3.20. The molecule has 0 fully saturated rings. The normalized spacial score (nSPS) is 10.0. The van der Waals surface area contributed by atoms with Gasteiger partial charge < -0.3 is 0 Å². The Kier molecular flexibility index (Phi) is 2.92. The number of rotatable bonds is 3. The van der Waals surface area contributed by atoms with Crippen LogP contribution in [0.2, 0.25) is 0 Å². The van der Waals surface area contributed by atoms with Gasteiger partial charge in [0.15, 0.2) is 0 Å². The molecule has 0 unspecified atom stereocenters. The molecule has 2 aromatic heterocycles. The molecule has 0 spiro atoms. The number of hydrogen-bond acceptors (Lipinski definition) is 3. The van der Waals surface area contributed by atoms with Gasteiger partial charge in [-0.3, -0.25) is 9.67 Å². The SMILES string of the molecule is N#Cc1cn(CCF)nc1-c1cccnc1. The first-order valence-electron chi connectivity index (χ1n) is 4.79. The molecule has 16 heavy (non-hydrogen) atoms. The van der Waals surface area contributed by atoms with E-state index < -0.39 is 6.67 Å². The van der Waals surface area contributed by atoms with Gasteiger partial charge in [-0.25, -0.2) is 4.39 Å². The maximum absolute atomic E-state index is 12.2. The molecule has 0 atom stereocenters. The summed E-state index contributed by atoms with van der Waals surface area (Å²) in [6, 6.07) is 5.62. The highest BCUT2D eigenvalue weighted by atomic mass is 19.1. The fraction of sp³-hybridized carbons (Fsp3) is 0.182. The van der Waals surface area contributed by atoms with Gasteiger partial charge >= 0.3 is 0 Å². The van der Waals surface area contributed by atoms with E-state index in [9.17, 15) is 4.39 Å². The molecule has 0 saturated carbocycles. The van der Waals surface area contributed by atoms with Gasteiger partial charge in [0.25, 0.3) is 0 Å². The zero-order valence-electron chi connectivity index (χ0n) is 8.47. The molecule has 0 aliphatic heterocycles. The highest BCUT2D eigenvalue weighted by Gasteiger charge is 2.10. The minimum absolute atomic E-state index is 0.162. The molecule has 4 nitrogen and oxygen atoms in total. The van der Waals surface area contributed by atoms with Crippen molar-refractivity contribution >= 4 is 0 Å². The highest BCUT2D eigenvalue weighted by molar-refractivity contribution is 5.64. The predicted molar refractivity (Wildman–Crippen MR) is 56.1 cm³/mol. The van der Waals surface area contributed by atoms with Crippen LogP contribution in [0.3, 0.4) is 0 Å². The molecule has 0 aliphatic carbocycles. The Morgan fingerprint density at radius 2 is 2.38 bits per heavy atom.